The number of hydrogen-bond acceptors (Lipinski definition) is 8. The third kappa shape index (κ3) is 4.17. The van der Waals surface area contributed by atoms with E-state index in [2.05, 4.69) is 4.98 Å². The molecule has 0 aliphatic carbocycles. The van der Waals surface area contributed by atoms with Crippen molar-refractivity contribution in [2.45, 2.75) is 33.8 Å². The van der Waals surface area contributed by atoms with Gasteiger partial charge >= 0.3 is 0 Å². The number of aliphatic hydroxyl groups excluding tert-OH is 1. The molecule has 166 valence electrons. The van der Waals surface area contributed by atoms with E-state index in [1.165, 1.54) is 19.1 Å². The van der Waals surface area contributed by atoms with Crippen LogP contribution in [0.3, 0.4) is 0 Å². The zero-order valence-electron chi connectivity index (χ0n) is 16.0. The molecule has 0 bridgehead atoms. The number of aromatic nitrogens is 1. The zero-order chi connectivity index (χ0) is 23.2. The Balaban J connectivity index is 2.06. The van der Waals surface area contributed by atoms with Gasteiger partial charge in [0.2, 0.25) is 19.9 Å². The van der Waals surface area contributed by atoms with Crippen molar-refractivity contribution >= 4 is 43.1 Å². The van der Waals surface area contributed by atoms with Gasteiger partial charge < -0.3 is 10.2 Å². The minimum atomic E-state index is -4.37. The second-order valence-corrected chi connectivity index (χ2v) is 11.9. The van der Waals surface area contributed by atoms with Crippen LogP contribution in [0, 0.1) is 11.3 Å². The van der Waals surface area contributed by atoms with Gasteiger partial charge in [-0.25, -0.2) is 21.8 Å². The summed E-state index contributed by atoms with van der Waals surface area (Å²) >= 11 is 11.8. The summed E-state index contributed by atoms with van der Waals surface area (Å²) in [7, 11) is -8.73. The average molecular weight is 506 g/mol. The summed E-state index contributed by atoms with van der Waals surface area (Å²) in [6.07, 6.45) is -0.480. The molecule has 2 N–H and O–H groups in total. The van der Waals surface area contributed by atoms with Crippen LogP contribution in [0.15, 0.2) is 46.5 Å². The normalized spacial score (nSPS) is 23.4. The zero-order valence-corrected chi connectivity index (χ0v) is 19.1. The van der Waals surface area contributed by atoms with Gasteiger partial charge in [-0.3, -0.25) is 0 Å². The van der Waals surface area contributed by atoms with Crippen LogP contribution in [-0.2, 0) is 19.9 Å². The summed E-state index contributed by atoms with van der Waals surface area (Å²) in [5, 5.41) is 28.0. The van der Waals surface area contributed by atoms with Crippen molar-refractivity contribution < 1.29 is 27.0 Å². The molecule has 0 unspecified atom stereocenters. The summed E-state index contributed by atoms with van der Waals surface area (Å²) in [4.78, 5) is 3.41. The monoisotopic (exact) mass is 505 g/mol. The average Bonchev–Trinajstić information content (AvgIpc) is 3.08. The quantitative estimate of drug-likeness (QED) is 0.615. The first-order valence-corrected chi connectivity index (χ1v) is 12.5. The van der Waals surface area contributed by atoms with Gasteiger partial charge in [0.25, 0.3) is 0 Å². The van der Waals surface area contributed by atoms with Gasteiger partial charge in [-0.2, -0.15) is 9.57 Å². The highest BCUT2D eigenvalue weighted by atomic mass is 35.5. The predicted octanol–water partition coefficient (Wildman–Crippen LogP) is 1.22. The van der Waals surface area contributed by atoms with Crippen LogP contribution in [0.4, 0.5) is 0 Å². The van der Waals surface area contributed by atoms with Gasteiger partial charge in [0.05, 0.1) is 27.8 Å². The van der Waals surface area contributed by atoms with E-state index in [4.69, 9.17) is 28.5 Å². The van der Waals surface area contributed by atoms with Crippen LogP contribution in [0.5, 0.6) is 0 Å². The number of sulfonamides is 1. The molecule has 1 saturated heterocycles. The Labute approximate surface area is 189 Å². The van der Waals surface area contributed by atoms with Crippen LogP contribution in [0.1, 0.15) is 12.5 Å². The maximum absolute atomic E-state index is 13.2. The van der Waals surface area contributed by atoms with E-state index >= 15 is 0 Å². The molecule has 9 nitrogen and oxygen atoms in total. The highest BCUT2D eigenvalue weighted by Gasteiger charge is 2.58. The summed E-state index contributed by atoms with van der Waals surface area (Å²) in [6, 6.07) is 7.80. The van der Waals surface area contributed by atoms with Crippen LogP contribution in [0.25, 0.3) is 0 Å². The number of pyridine rings is 1. The van der Waals surface area contributed by atoms with Crippen LogP contribution in [-0.4, -0.2) is 66.4 Å². The molecule has 0 spiro atoms. The third-order valence-corrected chi connectivity index (χ3v) is 9.77. The molecule has 0 radical (unpaired) electrons. The van der Waals surface area contributed by atoms with E-state index in [0.717, 1.165) is 28.7 Å². The predicted molar refractivity (Wildman–Crippen MR) is 112 cm³/mol. The molecule has 1 fully saturated rings. The number of aliphatic hydroxyl groups is 2. The molecule has 2 heterocycles. The van der Waals surface area contributed by atoms with E-state index in [0.29, 0.717) is 0 Å². The Morgan fingerprint density at radius 1 is 1.26 bits per heavy atom. The van der Waals surface area contributed by atoms with E-state index in [1.54, 1.807) is 0 Å². The fraction of sp³-hybridized carbons (Fsp3) is 0.333. The van der Waals surface area contributed by atoms with Crippen molar-refractivity contribution in [3.8, 4) is 6.07 Å². The minimum absolute atomic E-state index is 0.139. The molecule has 1 aromatic carbocycles. The first-order chi connectivity index (χ1) is 14.3. The number of nitriles is 1. The lowest BCUT2D eigenvalue weighted by Crippen LogP contribution is -2.53. The second-order valence-electron chi connectivity index (χ2n) is 7.07. The molecule has 13 heteroatoms. The topological polar surface area (TPSA) is 149 Å². The summed E-state index contributed by atoms with van der Waals surface area (Å²) < 4.78 is 53.4. The minimum Gasteiger partial charge on any atom is -0.390 e. The first-order valence-electron chi connectivity index (χ1n) is 8.79. The van der Waals surface area contributed by atoms with Crippen molar-refractivity contribution in [2.75, 3.05) is 13.1 Å². The van der Waals surface area contributed by atoms with Gasteiger partial charge in [0.1, 0.15) is 15.7 Å². The summed E-state index contributed by atoms with van der Waals surface area (Å²) in [6.45, 7) is -0.170. The fourth-order valence-corrected chi connectivity index (χ4v) is 7.50. The Kier molecular flexibility index (Phi) is 6.38. The Bertz CT molecular complexity index is 1260. The number of β-amino-alcohol motifs (C(OH)–C–C–N with tert-alkyl or cyclic N) is 1. The molecule has 3 rings (SSSR count). The Morgan fingerprint density at radius 2 is 1.94 bits per heavy atom. The van der Waals surface area contributed by atoms with Crippen molar-refractivity contribution in [1.82, 2.24) is 9.29 Å². The van der Waals surface area contributed by atoms with E-state index in [9.17, 15) is 27.0 Å². The van der Waals surface area contributed by atoms with Crippen LogP contribution in [0.2, 0.25) is 10.0 Å². The molecule has 31 heavy (non-hydrogen) atoms. The van der Waals surface area contributed by atoms with Gasteiger partial charge in [-0.05, 0) is 37.3 Å². The second kappa shape index (κ2) is 8.29. The van der Waals surface area contributed by atoms with E-state index < -0.39 is 54.9 Å². The fourth-order valence-electron chi connectivity index (χ4n) is 3.34. The van der Waals surface area contributed by atoms with Gasteiger partial charge in [-0.1, -0.05) is 23.2 Å². The maximum Gasteiger partial charge on any atom is 0.244 e. The number of halogens is 2. The maximum atomic E-state index is 13.2. The largest absolute Gasteiger partial charge is 0.390 e. The van der Waals surface area contributed by atoms with E-state index in [-0.39, 0.29) is 20.5 Å². The Morgan fingerprint density at radius 3 is 2.45 bits per heavy atom. The molecule has 3 atom stereocenters. The van der Waals surface area contributed by atoms with Gasteiger partial charge in [0.15, 0.2) is 5.03 Å². The first kappa shape index (κ1) is 23.9. The van der Waals surface area contributed by atoms with Crippen molar-refractivity contribution in [3.63, 3.8) is 0 Å². The standard InChI is InChI=1S/C18H17Cl2N3O6S2/c1-11(24)18(25)10-23(31(28,29)15-4-2-12(7-21)6-14(15)20)9-16(18)30(26,27)17-5-3-13(19)8-22-17/h2-6,8,11,16,24-25H,9-10H2,1H3/t11-,16+,18-/m0/s1. The number of benzene rings is 1. The van der Waals surface area contributed by atoms with Gasteiger partial charge in [-0.15, -0.1) is 0 Å². The highest BCUT2D eigenvalue weighted by molar-refractivity contribution is 7.92. The number of nitrogens with zero attached hydrogens (tertiary/aromatic N) is 3. The van der Waals surface area contributed by atoms with Crippen LogP contribution < -0.4 is 0 Å². The third-order valence-electron chi connectivity index (χ3n) is 5.13. The molecular formula is C18H17Cl2N3O6S2. The van der Waals surface area contributed by atoms with E-state index in [1.807, 2.05) is 6.07 Å². The summed E-state index contributed by atoms with van der Waals surface area (Å²) in [5.41, 5.74) is -2.17. The number of rotatable bonds is 5. The Hall–Kier alpha value is -1.78. The summed E-state index contributed by atoms with van der Waals surface area (Å²) in [5.74, 6) is 0. The van der Waals surface area contributed by atoms with Crippen LogP contribution >= 0.6 is 23.2 Å². The molecule has 1 aliphatic rings. The lowest BCUT2D eigenvalue weighted by molar-refractivity contribution is -0.0513. The molecule has 1 aliphatic heterocycles. The molecular weight excluding hydrogens is 489 g/mol. The van der Waals surface area contributed by atoms with Crippen molar-refractivity contribution in [2.24, 2.45) is 0 Å². The lowest BCUT2D eigenvalue weighted by atomic mass is 9.97. The number of sulfone groups is 1. The lowest BCUT2D eigenvalue weighted by Gasteiger charge is -2.31. The molecule has 0 amide bonds. The van der Waals surface area contributed by atoms with Crippen molar-refractivity contribution in [3.05, 3.63) is 52.1 Å². The molecule has 1 aromatic heterocycles. The van der Waals surface area contributed by atoms with Gasteiger partial charge in [0, 0.05) is 19.3 Å². The number of hydrogen-bond donors (Lipinski definition) is 2. The van der Waals surface area contributed by atoms with Crippen molar-refractivity contribution in [1.29, 1.82) is 5.26 Å². The molecule has 2 aromatic rings. The SMILES string of the molecule is C[C@H](O)[C@@]1(O)CN(S(=O)(=O)c2ccc(C#N)cc2Cl)C[C@H]1S(=O)(=O)c1ccc(Cl)cn1. The smallest absolute Gasteiger partial charge is 0.244 e. The highest BCUT2D eigenvalue weighted by Crippen LogP contribution is 2.37. The molecule has 0 saturated carbocycles.